The molecule has 0 aliphatic carbocycles. The Labute approximate surface area is 202 Å². The van der Waals surface area contributed by atoms with E-state index in [9.17, 15) is 44.1 Å². The van der Waals surface area contributed by atoms with Gasteiger partial charge < -0.3 is 20.6 Å². The van der Waals surface area contributed by atoms with Crippen molar-refractivity contribution in [3.05, 3.63) is 46.8 Å². The number of aliphatic hydroxyl groups excluding tert-OH is 1. The number of hydrogen-bond donors (Lipinski definition) is 4. The number of nitrogens with one attached hydrogen (secondary N) is 1. The maximum absolute atomic E-state index is 12.6. The minimum absolute atomic E-state index is 0.0100. The van der Waals surface area contributed by atoms with Crippen LogP contribution in [0.25, 0.3) is 0 Å². The average Bonchev–Trinajstić information content (AvgIpc) is 3.06. The fourth-order valence-corrected chi connectivity index (χ4v) is 5.66. The Morgan fingerprint density at radius 2 is 1.69 bits per heavy atom. The van der Waals surface area contributed by atoms with E-state index in [1.807, 2.05) is 0 Å². The maximum Gasteiger partial charge on any atom is 0.356 e. The van der Waals surface area contributed by atoms with Crippen LogP contribution >= 0.6 is 11.8 Å². The van der Waals surface area contributed by atoms with Crippen molar-refractivity contribution in [3.63, 3.8) is 0 Å². The summed E-state index contributed by atoms with van der Waals surface area (Å²) in [4.78, 5) is 75.0. The lowest BCUT2D eigenvalue weighted by Crippen LogP contribution is -2.71. The molecule has 1 aromatic rings. The van der Waals surface area contributed by atoms with E-state index < -0.39 is 69.7 Å². The number of fused-ring (bicyclic) bond motifs is 2. The number of benzene rings is 1. The summed E-state index contributed by atoms with van der Waals surface area (Å²) in [6.07, 6.45) is -0.347. The topological polar surface area (TPSA) is 182 Å². The van der Waals surface area contributed by atoms with Crippen molar-refractivity contribution >= 4 is 47.3 Å². The Morgan fingerprint density at radius 1 is 1.09 bits per heavy atom. The third-order valence-corrected chi connectivity index (χ3v) is 7.47. The molecule has 0 bridgehead atoms. The number of rotatable bonds is 8. The number of carboxylic acids is 2. The predicted octanol–water partition coefficient (Wildman–Crippen LogP) is 0.549. The molecule has 1 saturated heterocycles. The molecule has 4 rings (SSSR count). The Kier molecular flexibility index (Phi) is 6.28. The van der Waals surface area contributed by atoms with E-state index in [4.69, 9.17) is 0 Å². The van der Waals surface area contributed by atoms with Crippen molar-refractivity contribution in [3.8, 4) is 0 Å². The monoisotopic (exact) mass is 503 g/mol. The Morgan fingerprint density at radius 3 is 2.23 bits per heavy atom. The van der Waals surface area contributed by atoms with E-state index in [1.54, 1.807) is 19.1 Å². The van der Waals surface area contributed by atoms with Gasteiger partial charge in [0.15, 0.2) is 5.70 Å². The van der Waals surface area contributed by atoms with Crippen LogP contribution in [-0.2, 0) is 19.2 Å². The molecular weight excluding hydrogens is 482 g/mol. The standard InChI is InChI=1S/C22H21N3O9S/c1-9-16(27)15(22(33)34)25-19(30)14(20(25)35-9)23-13(26)8-4-7-12(21(31)32)24-17(28)10-5-2-3-6-11(10)18(24)29/h2-3,5-6,9,12,14,20,27H,4,7-8H2,1H3,(H,23,26)(H,31,32)(H,33,34)/t9?,12-,14?,20-/m1/s1. The first-order valence-corrected chi connectivity index (χ1v) is 11.6. The van der Waals surface area contributed by atoms with Crippen LogP contribution in [-0.4, -0.2) is 83.4 Å². The largest absolute Gasteiger partial charge is 0.509 e. The summed E-state index contributed by atoms with van der Waals surface area (Å²) < 4.78 is 0. The highest BCUT2D eigenvalue weighted by molar-refractivity contribution is 8.00. The number of β-lactam (4-membered cyclic amide) rings is 1. The van der Waals surface area contributed by atoms with Crippen LogP contribution in [0.3, 0.4) is 0 Å². The molecule has 4 atom stereocenters. The predicted molar refractivity (Wildman–Crippen MR) is 119 cm³/mol. The summed E-state index contributed by atoms with van der Waals surface area (Å²) in [5.74, 6) is -5.94. The highest BCUT2D eigenvalue weighted by Gasteiger charge is 2.56. The molecule has 0 spiro atoms. The number of amides is 4. The summed E-state index contributed by atoms with van der Waals surface area (Å²) in [5.41, 5.74) is -0.272. The van der Waals surface area contributed by atoms with Gasteiger partial charge in [-0.1, -0.05) is 12.1 Å². The Bertz CT molecular complexity index is 1160. The highest BCUT2D eigenvalue weighted by Crippen LogP contribution is 2.43. The van der Waals surface area contributed by atoms with Crippen molar-refractivity contribution < 1.29 is 44.1 Å². The summed E-state index contributed by atoms with van der Waals surface area (Å²) in [6.45, 7) is 1.58. The second-order valence-corrected chi connectivity index (χ2v) is 9.70. The summed E-state index contributed by atoms with van der Waals surface area (Å²) in [5, 5.41) is 30.2. The summed E-state index contributed by atoms with van der Waals surface area (Å²) in [7, 11) is 0. The minimum Gasteiger partial charge on any atom is -0.509 e. The van der Waals surface area contributed by atoms with Crippen LogP contribution < -0.4 is 5.32 Å². The van der Waals surface area contributed by atoms with Gasteiger partial charge in [0.1, 0.15) is 23.2 Å². The minimum atomic E-state index is -1.46. The zero-order valence-electron chi connectivity index (χ0n) is 18.3. The van der Waals surface area contributed by atoms with Crippen LogP contribution in [0.2, 0.25) is 0 Å². The molecule has 0 radical (unpaired) electrons. The van der Waals surface area contributed by atoms with Gasteiger partial charge in [0, 0.05) is 6.42 Å². The van der Waals surface area contributed by atoms with E-state index in [1.165, 1.54) is 12.1 Å². The smallest absolute Gasteiger partial charge is 0.356 e. The number of carboxylic acid groups (broad SMARTS) is 2. The molecule has 13 heteroatoms. The van der Waals surface area contributed by atoms with E-state index in [0.717, 1.165) is 16.7 Å². The number of hydrogen-bond acceptors (Lipinski definition) is 8. The highest BCUT2D eigenvalue weighted by atomic mass is 32.2. The molecule has 0 saturated carbocycles. The van der Waals surface area contributed by atoms with Gasteiger partial charge in [-0.15, -0.1) is 11.8 Å². The number of aliphatic carboxylic acids is 2. The second-order valence-electron chi connectivity index (χ2n) is 8.23. The van der Waals surface area contributed by atoms with Gasteiger partial charge in [-0.05, 0) is 31.9 Å². The van der Waals surface area contributed by atoms with E-state index in [0.29, 0.717) is 4.90 Å². The number of aliphatic hydroxyl groups is 1. The molecule has 2 unspecified atom stereocenters. The van der Waals surface area contributed by atoms with Crippen LogP contribution in [0.5, 0.6) is 0 Å². The van der Waals surface area contributed by atoms with E-state index in [2.05, 4.69) is 5.32 Å². The Hall–Kier alpha value is -3.87. The summed E-state index contributed by atoms with van der Waals surface area (Å²) >= 11 is 1.12. The molecule has 3 aliphatic rings. The molecule has 1 aromatic carbocycles. The van der Waals surface area contributed by atoms with Gasteiger partial charge in [0.05, 0.1) is 16.4 Å². The van der Waals surface area contributed by atoms with E-state index >= 15 is 0 Å². The molecular formula is C22H21N3O9S. The summed E-state index contributed by atoms with van der Waals surface area (Å²) in [6, 6.07) is 3.56. The molecule has 3 heterocycles. The number of imide groups is 1. The fourth-order valence-electron chi connectivity index (χ4n) is 4.33. The third kappa shape index (κ3) is 4.01. The molecule has 12 nitrogen and oxygen atoms in total. The van der Waals surface area contributed by atoms with Crippen molar-refractivity contribution in [1.29, 1.82) is 0 Å². The van der Waals surface area contributed by atoms with Gasteiger partial charge in [0.2, 0.25) is 5.91 Å². The molecule has 35 heavy (non-hydrogen) atoms. The number of nitrogens with zero attached hydrogens (tertiary/aromatic N) is 2. The zero-order valence-corrected chi connectivity index (χ0v) is 19.2. The van der Waals surface area contributed by atoms with Gasteiger partial charge >= 0.3 is 11.9 Å². The number of carbonyl (C=O) groups is 6. The zero-order chi connectivity index (χ0) is 25.6. The normalized spacial score (nSPS) is 24.0. The molecule has 0 aromatic heterocycles. The molecule has 3 aliphatic heterocycles. The number of carbonyl (C=O) groups excluding carboxylic acids is 4. The molecule has 1 fully saturated rings. The van der Waals surface area contributed by atoms with Gasteiger partial charge in [0.25, 0.3) is 17.7 Å². The van der Waals surface area contributed by atoms with Crippen molar-refractivity contribution in [1.82, 2.24) is 15.1 Å². The van der Waals surface area contributed by atoms with Crippen molar-refractivity contribution in [2.24, 2.45) is 0 Å². The van der Waals surface area contributed by atoms with Crippen molar-refractivity contribution in [2.45, 2.75) is 48.9 Å². The second kappa shape index (κ2) is 9.06. The molecule has 4 amide bonds. The van der Waals surface area contributed by atoms with Crippen LogP contribution in [0, 0.1) is 0 Å². The van der Waals surface area contributed by atoms with Crippen LogP contribution in [0.15, 0.2) is 35.7 Å². The lowest BCUT2D eigenvalue weighted by atomic mass is 10.0. The van der Waals surface area contributed by atoms with Gasteiger partial charge in [-0.25, -0.2) is 9.59 Å². The fraction of sp³-hybridized carbons (Fsp3) is 0.364. The van der Waals surface area contributed by atoms with Crippen molar-refractivity contribution in [2.75, 3.05) is 0 Å². The lowest BCUT2D eigenvalue weighted by Gasteiger charge is -2.49. The molecule has 184 valence electrons. The van der Waals surface area contributed by atoms with Gasteiger partial charge in [-0.2, -0.15) is 0 Å². The Balaban J connectivity index is 1.35. The SMILES string of the molecule is CC1S[C@@H]2C(NC(=O)CCC[C@H](C(=O)O)N3C(=O)c4ccccc4C3=O)C(=O)N2C(C(=O)O)=C1O. The lowest BCUT2D eigenvalue weighted by molar-refractivity contribution is -0.151. The van der Waals surface area contributed by atoms with E-state index in [-0.39, 0.29) is 30.4 Å². The number of thioether (sulfide) groups is 1. The van der Waals surface area contributed by atoms with Gasteiger partial charge in [-0.3, -0.25) is 29.0 Å². The molecule has 4 N–H and O–H groups in total. The third-order valence-electron chi connectivity index (χ3n) is 6.08. The first-order valence-electron chi connectivity index (χ1n) is 10.7. The average molecular weight is 503 g/mol. The van der Waals surface area contributed by atoms with Crippen LogP contribution in [0.1, 0.15) is 46.9 Å². The first kappa shape index (κ1) is 24.3. The maximum atomic E-state index is 12.6. The quantitative estimate of drug-likeness (QED) is 0.289. The first-order chi connectivity index (χ1) is 16.5. The van der Waals surface area contributed by atoms with Crippen LogP contribution in [0.4, 0.5) is 0 Å².